The second-order valence-electron chi connectivity index (χ2n) is 2.00. The zero-order valence-corrected chi connectivity index (χ0v) is 5.20. The molecule has 0 aliphatic heterocycles. The summed E-state index contributed by atoms with van der Waals surface area (Å²) in [5.41, 5.74) is 4.85. The fraction of sp³-hybridized carbons (Fsp3) is 1.00. The quantitative estimate of drug-likeness (QED) is 0.630. The minimum absolute atomic E-state index is 0.0371. The van der Waals surface area contributed by atoms with Gasteiger partial charge in [-0.3, -0.25) is 0 Å². The summed E-state index contributed by atoms with van der Waals surface area (Å²) < 4.78 is 35.8. The van der Waals surface area contributed by atoms with Crippen molar-refractivity contribution in [1.82, 2.24) is 0 Å². The summed E-state index contributed by atoms with van der Waals surface area (Å²) in [7, 11) is 0. The summed E-state index contributed by atoms with van der Waals surface area (Å²) in [4.78, 5) is 0. The molecule has 0 spiro atoms. The van der Waals surface area contributed by atoms with E-state index in [4.69, 9.17) is 5.73 Å². The first kappa shape index (κ1) is 8.75. The molecular weight excluding hydrogens is 131 g/mol. The Labute approximate surface area is 52.0 Å². The molecule has 0 aromatic carbocycles. The average molecular weight is 141 g/mol. The first-order chi connectivity index (χ1) is 3.98. The highest BCUT2D eigenvalue weighted by molar-refractivity contribution is 4.70. The van der Waals surface area contributed by atoms with Crippen molar-refractivity contribution in [3.05, 3.63) is 0 Å². The van der Waals surface area contributed by atoms with E-state index in [0.717, 1.165) is 0 Å². The minimum atomic E-state index is -3.24. The van der Waals surface area contributed by atoms with Gasteiger partial charge in [0.1, 0.15) is 0 Å². The first-order valence-corrected chi connectivity index (χ1v) is 2.70. The lowest BCUT2D eigenvalue weighted by atomic mass is 10.2. The molecule has 0 rings (SSSR count). The molecule has 0 radical (unpaired) electrons. The van der Waals surface area contributed by atoms with Crippen molar-refractivity contribution in [1.29, 1.82) is 0 Å². The summed E-state index contributed by atoms with van der Waals surface area (Å²) in [5.74, 6) is -3.24. The van der Waals surface area contributed by atoms with Gasteiger partial charge in [-0.1, -0.05) is 0 Å². The van der Waals surface area contributed by atoms with E-state index in [0.29, 0.717) is 6.92 Å². The zero-order valence-electron chi connectivity index (χ0n) is 5.20. The molecule has 0 bridgehead atoms. The van der Waals surface area contributed by atoms with Crippen molar-refractivity contribution in [2.24, 2.45) is 5.73 Å². The third-order valence-corrected chi connectivity index (χ3v) is 0.970. The summed E-state index contributed by atoms with van der Waals surface area (Å²) in [6.07, 6.45) is -2.37. The predicted octanol–water partition coefficient (Wildman–Crippen LogP) is 1.33. The van der Waals surface area contributed by atoms with Crippen molar-refractivity contribution >= 4 is 0 Å². The van der Waals surface area contributed by atoms with Crippen molar-refractivity contribution in [2.75, 3.05) is 6.54 Å². The molecule has 1 nitrogen and oxygen atoms in total. The third kappa shape index (κ3) is 3.35. The maximum Gasteiger partial charge on any atom is 0.276 e. The van der Waals surface area contributed by atoms with Crippen molar-refractivity contribution < 1.29 is 13.2 Å². The number of rotatable bonds is 3. The lowest BCUT2D eigenvalue weighted by Crippen LogP contribution is -2.28. The molecule has 0 aliphatic carbocycles. The number of halogens is 3. The summed E-state index contributed by atoms with van der Waals surface area (Å²) >= 11 is 0. The van der Waals surface area contributed by atoms with Crippen LogP contribution in [0.4, 0.5) is 13.2 Å². The topological polar surface area (TPSA) is 26.0 Å². The summed E-state index contributed by atoms with van der Waals surface area (Å²) in [5, 5.41) is 0. The van der Waals surface area contributed by atoms with Gasteiger partial charge in [0, 0.05) is 6.92 Å². The Bertz CT molecular complexity index is 78.8. The van der Waals surface area contributed by atoms with Crippen molar-refractivity contribution in [2.45, 2.75) is 25.4 Å². The molecule has 0 heterocycles. The molecule has 0 saturated carbocycles. The largest absolute Gasteiger partial charge is 0.330 e. The molecule has 0 fully saturated rings. The Morgan fingerprint density at radius 3 is 2.11 bits per heavy atom. The maximum absolute atomic E-state index is 12.1. The van der Waals surface area contributed by atoms with Gasteiger partial charge < -0.3 is 5.73 Å². The van der Waals surface area contributed by atoms with Gasteiger partial charge in [-0.25, -0.2) is 13.2 Å². The van der Waals surface area contributed by atoms with Crippen LogP contribution in [0.3, 0.4) is 0 Å². The van der Waals surface area contributed by atoms with Crippen LogP contribution in [0.5, 0.6) is 0 Å². The standard InChI is InChI=1S/C5H10F3N/c1-5(7,8)4(6)2-3-9/h4H,2-3,9H2,1H3. The van der Waals surface area contributed by atoms with Crippen LogP contribution in [-0.4, -0.2) is 18.6 Å². The molecule has 9 heavy (non-hydrogen) atoms. The Kier molecular flexibility index (Phi) is 2.97. The van der Waals surface area contributed by atoms with Crippen LogP contribution in [0.1, 0.15) is 13.3 Å². The molecule has 1 unspecified atom stereocenters. The zero-order chi connectivity index (χ0) is 7.49. The maximum atomic E-state index is 12.1. The van der Waals surface area contributed by atoms with Crippen LogP contribution < -0.4 is 5.73 Å². The fourth-order valence-corrected chi connectivity index (χ4v) is 0.400. The van der Waals surface area contributed by atoms with E-state index in [2.05, 4.69) is 0 Å². The number of hydrogen-bond acceptors (Lipinski definition) is 1. The van der Waals surface area contributed by atoms with E-state index in [1.165, 1.54) is 0 Å². The Morgan fingerprint density at radius 2 is 2.00 bits per heavy atom. The minimum Gasteiger partial charge on any atom is -0.330 e. The average Bonchev–Trinajstić information content (AvgIpc) is 1.64. The summed E-state index contributed by atoms with van der Waals surface area (Å²) in [6.45, 7) is 0.512. The van der Waals surface area contributed by atoms with Crippen LogP contribution in [0.15, 0.2) is 0 Å². The highest BCUT2D eigenvalue weighted by Crippen LogP contribution is 2.21. The van der Waals surface area contributed by atoms with Gasteiger partial charge in [-0.05, 0) is 13.0 Å². The van der Waals surface area contributed by atoms with Crippen LogP contribution in [-0.2, 0) is 0 Å². The van der Waals surface area contributed by atoms with Crippen molar-refractivity contribution in [3.63, 3.8) is 0 Å². The molecular formula is C5H10F3N. The van der Waals surface area contributed by atoms with E-state index < -0.39 is 12.1 Å². The van der Waals surface area contributed by atoms with Gasteiger partial charge in [-0.15, -0.1) is 0 Å². The SMILES string of the molecule is CC(F)(F)C(F)CCN. The molecule has 0 aliphatic rings. The predicted molar refractivity (Wildman–Crippen MR) is 29.2 cm³/mol. The Morgan fingerprint density at radius 1 is 1.56 bits per heavy atom. The normalized spacial score (nSPS) is 15.7. The molecule has 0 saturated heterocycles. The molecule has 0 aromatic heterocycles. The van der Waals surface area contributed by atoms with Gasteiger partial charge >= 0.3 is 0 Å². The van der Waals surface area contributed by atoms with E-state index in [1.807, 2.05) is 0 Å². The van der Waals surface area contributed by atoms with Crippen LogP contribution >= 0.6 is 0 Å². The highest BCUT2D eigenvalue weighted by Gasteiger charge is 2.33. The third-order valence-electron chi connectivity index (χ3n) is 0.970. The smallest absolute Gasteiger partial charge is 0.276 e. The number of nitrogens with two attached hydrogens (primary N) is 1. The van der Waals surface area contributed by atoms with Crippen molar-refractivity contribution in [3.8, 4) is 0 Å². The van der Waals surface area contributed by atoms with Gasteiger partial charge in [0.05, 0.1) is 0 Å². The van der Waals surface area contributed by atoms with Gasteiger partial charge in [-0.2, -0.15) is 0 Å². The van der Waals surface area contributed by atoms with Crippen LogP contribution in [0.25, 0.3) is 0 Å². The molecule has 0 aromatic rings. The Hall–Kier alpha value is -0.250. The number of hydrogen-bond donors (Lipinski definition) is 1. The second-order valence-corrected chi connectivity index (χ2v) is 2.00. The highest BCUT2D eigenvalue weighted by atomic mass is 19.3. The van der Waals surface area contributed by atoms with Crippen LogP contribution in [0.2, 0.25) is 0 Å². The lowest BCUT2D eigenvalue weighted by Gasteiger charge is -2.13. The molecule has 4 heteroatoms. The van der Waals surface area contributed by atoms with E-state index in [1.54, 1.807) is 0 Å². The summed E-state index contributed by atoms with van der Waals surface area (Å²) in [6, 6.07) is 0. The fourth-order valence-electron chi connectivity index (χ4n) is 0.400. The lowest BCUT2D eigenvalue weighted by molar-refractivity contribution is -0.0567. The van der Waals surface area contributed by atoms with Crippen LogP contribution in [0, 0.1) is 0 Å². The van der Waals surface area contributed by atoms with Gasteiger partial charge in [0.15, 0.2) is 6.17 Å². The molecule has 56 valence electrons. The van der Waals surface area contributed by atoms with E-state index in [9.17, 15) is 13.2 Å². The van der Waals surface area contributed by atoms with E-state index >= 15 is 0 Å². The van der Waals surface area contributed by atoms with Gasteiger partial charge in [0.25, 0.3) is 5.92 Å². The first-order valence-electron chi connectivity index (χ1n) is 2.70. The molecule has 2 N–H and O–H groups in total. The molecule has 0 amide bonds. The number of alkyl halides is 3. The van der Waals surface area contributed by atoms with E-state index in [-0.39, 0.29) is 13.0 Å². The second kappa shape index (κ2) is 3.06. The van der Waals surface area contributed by atoms with Gasteiger partial charge in [0.2, 0.25) is 0 Å². The Balaban J connectivity index is 3.59. The molecule has 1 atom stereocenters. The monoisotopic (exact) mass is 141 g/mol.